The van der Waals surface area contributed by atoms with Crippen molar-refractivity contribution in [1.82, 2.24) is 30.0 Å². The fourth-order valence-electron chi connectivity index (χ4n) is 3.05. The van der Waals surface area contributed by atoms with Crippen LogP contribution in [0.4, 0.5) is 5.69 Å². The third-order valence-corrected chi connectivity index (χ3v) is 4.59. The third-order valence-electron chi connectivity index (χ3n) is 4.59. The predicted octanol–water partition coefficient (Wildman–Crippen LogP) is 3.12. The van der Waals surface area contributed by atoms with Crippen molar-refractivity contribution in [3.8, 4) is 17.1 Å². The quantitative estimate of drug-likeness (QED) is 0.531. The lowest BCUT2D eigenvalue weighted by molar-refractivity contribution is 0.102. The van der Waals surface area contributed by atoms with Crippen LogP contribution in [0.5, 0.6) is 5.75 Å². The van der Waals surface area contributed by atoms with Crippen LogP contribution in [0.25, 0.3) is 11.4 Å². The number of hydrogen-bond donors (Lipinski definition) is 1. The average Bonchev–Trinajstić information content (AvgIpc) is 3.35. The highest BCUT2D eigenvalue weighted by Crippen LogP contribution is 2.19. The number of hydrogen-bond acceptors (Lipinski definition) is 6. The largest absolute Gasteiger partial charge is 0.494 e. The molecule has 0 unspecified atom stereocenters. The molecular weight excluding hydrogens is 382 g/mol. The Kier molecular flexibility index (Phi) is 5.25. The van der Waals surface area contributed by atoms with Crippen molar-refractivity contribution in [2.45, 2.75) is 20.8 Å². The Balaban J connectivity index is 1.49. The number of anilines is 1. The first-order chi connectivity index (χ1) is 14.6. The van der Waals surface area contributed by atoms with Crippen molar-refractivity contribution in [3.05, 3.63) is 71.8 Å². The van der Waals surface area contributed by atoms with Crippen molar-refractivity contribution in [1.29, 1.82) is 0 Å². The fraction of sp³-hybridized carbons (Fsp3) is 0.190. The molecule has 0 radical (unpaired) electrons. The molecular formula is C21H21N7O2. The monoisotopic (exact) mass is 403 g/mol. The molecule has 0 aliphatic heterocycles. The Morgan fingerprint density at radius 1 is 0.967 bits per heavy atom. The second-order valence-electron chi connectivity index (χ2n) is 6.65. The molecule has 0 spiro atoms. The molecule has 9 nitrogen and oxygen atoms in total. The fourth-order valence-corrected chi connectivity index (χ4v) is 3.05. The zero-order valence-electron chi connectivity index (χ0n) is 16.9. The van der Waals surface area contributed by atoms with Gasteiger partial charge >= 0.3 is 0 Å². The summed E-state index contributed by atoms with van der Waals surface area (Å²) in [5.41, 5.74) is 4.15. The van der Waals surface area contributed by atoms with Gasteiger partial charge in [-0.15, -0.1) is 10.2 Å². The minimum absolute atomic E-state index is 0.264. The number of carbonyl (C=O) groups is 1. The van der Waals surface area contributed by atoms with Crippen LogP contribution >= 0.6 is 0 Å². The molecule has 0 bridgehead atoms. The van der Waals surface area contributed by atoms with Gasteiger partial charge in [-0.3, -0.25) is 4.79 Å². The van der Waals surface area contributed by atoms with E-state index >= 15 is 0 Å². The van der Waals surface area contributed by atoms with Crippen LogP contribution in [0.15, 0.2) is 54.7 Å². The van der Waals surface area contributed by atoms with Gasteiger partial charge in [0, 0.05) is 5.69 Å². The molecule has 2 aromatic carbocycles. The van der Waals surface area contributed by atoms with E-state index in [9.17, 15) is 4.79 Å². The molecule has 1 N–H and O–H groups in total. The van der Waals surface area contributed by atoms with E-state index in [2.05, 4.69) is 25.9 Å². The van der Waals surface area contributed by atoms with Gasteiger partial charge in [0.15, 0.2) is 5.69 Å². The lowest BCUT2D eigenvalue weighted by Crippen LogP contribution is -2.14. The molecule has 30 heavy (non-hydrogen) atoms. The van der Waals surface area contributed by atoms with Crippen LogP contribution in [0.2, 0.25) is 0 Å². The molecule has 2 aromatic heterocycles. The third kappa shape index (κ3) is 3.77. The van der Waals surface area contributed by atoms with Crippen LogP contribution in [0.1, 0.15) is 28.8 Å². The van der Waals surface area contributed by atoms with E-state index in [1.165, 1.54) is 0 Å². The second-order valence-corrected chi connectivity index (χ2v) is 6.65. The van der Waals surface area contributed by atoms with Crippen LogP contribution in [0, 0.1) is 13.8 Å². The molecule has 9 heteroatoms. The van der Waals surface area contributed by atoms with E-state index in [1.807, 2.05) is 57.2 Å². The Morgan fingerprint density at radius 2 is 1.63 bits per heavy atom. The Hall–Kier alpha value is -4.01. The minimum atomic E-state index is -0.325. The van der Waals surface area contributed by atoms with E-state index in [1.54, 1.807) is 27.7 Å². The number of amides is 1. The minimum Gasteiger partial charge on any atom is -0.494 e. The summed E-state index contributed by atoms with van der Waals surface area (Å²) >= 11 is 0. The van der Waals surface area contributed by atoms with Gasteiger partial charge in [-0.1, -0.05) is 10.4 Å². The number of benzene rings is 2. The molecule has 0 atom stereocenters. The zero-order valence-corrected chi connectivity index (χ0v) is 16.9. The van der Waals surface area contributed by atoms with Crippen molar-refractivity contribution < 1.29 is 9.53 Å². The van der Waals surface area contributed by atoms with Crippen LogP contribution in [0.3, 0.4) is 0 Å². The molecule has 1 amide bonds. The number of aryl methyl sites for hydroxylation is 1. The van der Waals surface area contributed by atoms with Crippen molar-refractivity contribution in [3.63, 3.8) is 0 Å². The normalized spacial score (nSPS) is 10.8. The van der Waals surface area contributed by atoms with Gasteiger partial charge in [0.1, 0.15) is 5.75 Å². The number of aromatic nitrogens is 6. The lowest BCUT2D eigenvalue weighted by atomic mass is 10.2. The number of nitrogens with zero attached hydrogens (tertiary/aromatic N) is 6. The van der Waals surface area contributed by atoms with E-state index in [4.69, 9.17) is 4.74 Å². The standard InChI is InChI=1S/C21H21N7O2/c1-4-30-19-11-9-18(10-12-19)28-15(3)20(24-26-28)21(29)23-16-5-7-17(8-6-16)27-14(2)13-22-25-27/h5-13H,4H2,1-3H3,(H,23,29). The van der Waals surface area contributed by atoms with E-state index in [-0.39, 0.29) is 11.6 Å². The van der Waals surface area contributed by atoms with Crippen LogP contribution < -0.4 is 10.1 Å². The zero-order chi connectivity index (χ0) is 21.1. The highest BCUT2D eigenvalue weighted by Gasteiger charge is 2.17. The Bertz CT molecular complexity index is 1160. The first-order valence-electron chi connectivity index (χ1n) is 9.51. The van der Waals surface area contributed by atoms with Gasteiger partial charge in [0.2, 0.25) is 0 Å². The first-order valence-corrected chi connectivity index (χ1v) is 9.51. The van der Waals surface area contributed by atoms with Crippen LogP contribution in [-0.2, 0) is 0 Å². The Labute approximate surface area is 173 Å². The van der Waals surface area contributed by atoms with Gasteiger partial charge < -0.3 is 10.1 Å². The van der Waals surface area contributed by atoms with Gasteiger partial charge in [-0.2, -0.15) is 0 Å². The molecule has 0 aliphatic carbocycles. The molecule has 4 rings (SSSR count). The molecule has 4 aromatic rings. The van der Waals surface area contributed by atoms with Crippen molar-refractivity contribution >= 4 is 11.6 Å². The van der Waals surface area contributed by atoms with E-state index in [0.29, 0.717) is 18.0 Å². The summed E-state index contributed by atoms with van der Waals surface area (Å²) < 4.78 is 8.80. The predicted molar refractivity (Wildman–Crippen MR) is 111 cm³/mol. The van der Waals surface area contributed by atoms with Gasteiger partial charge in [-0.25, -0.2) is 9.36 Å². The topological polar surface area (TPSA) is 99.8 Å². The van der Waals surface area contributed by atoms with E-state index in [0.717, 1.165) is 22.8 Å². The maximum Gasteiger partial charge on any atom is 0.278 e. The first kappa shape index (κ1) is 19.3. The van der Waals surface area contributed by atoms with Crippen molar-refractivity contribution in [2.75, 3.05) is 11.9 Å². The highest BCUT2D eigenvalue weighted by atomic mass is 16.5. The number of carbonyl (C=O) groups excluding carboxylic acids is 1. The molecule has 0 saturated heterocycles. The highest BCUT2D eigenvalue weighted by molar-refractivity contribution is 6.03. The summed E-state index contributed by atoms with van der Waals surface area (Å²) in [6.07, 6.45) is 1.69. The summed E-state index contributed by atoms with van der Waals surface area (Å²) in [4.78, 5) is 12.7. The summed E-state index contributed by atoms with van der Waals surface area (Å²) in [7, 11) is 0. The molecule has 0 fully saturated rings. The van der Waals surface area contributed by atoms with Crippen LogP contribution in [-0.4, -0.2) is 42.5 Å². The second kappa shape index (κ2) is 8.16. The number of ether oxygens (including phenoxy) is 1. The number of nitrogens with one attached hydrogen (secondary N) is 1. The summed E-state index contributed by atoms with van der Waals surface area (Å²) in [6.45, 7) is 6.27. The summed E-state index contributed by atoms with van der Waals surface area (Å²) in [5, 5.41) is 19.0. The molecule has 2 heterocycles. The van der Waals surface area contributed by atoms with Gasteiger partial charge in [0.25, 0.3) is 5.91 Å². The Morgan fingerprint density at radius 3 is 2.27 bits per heavy atom. The molecule has 0 saturated carbocycles. The molecule has 0 aliphatic rings. The SMILES string of the molecule is CCOc1ccc(-n2nnc(C(=O)Nc3ccc(-n4nncc4C)cc3)c2C)cc1. The lowest BCUT2D eigenvalue weighted by Gasteiger charge is -2.08. The van der Waals surface area contributed by atoms with E-state index < -0.39 is 0 Å². The average molecular weight is 403 g/mol. The van der Waals surface area contributed by atoms with Gasteiger partial charge in [-0.05, 0) is 69.3 Å². The smallest absolute Gasteiger partial charge is 0.278 e. The summed E-state index contributed by atoms with van der Waals surface area (Å²) in [6, 6.07) is 14.8. The molecule has 152 valence electrons. The maximum absolute atomic E-state index is 12.7. The number of rotatable bonds is 6. The summed E-state index contributed by atoms with van der Waals surface area (Å²) in [5.74, 6) is 0.455. The van der Waals surface area contributed by atoms with Gasteiger partial charge in [0.05, 0.1) is 35.6 Å². The maximum atomic E-state index is 12.7. The van der Waals surface area contributed by atoms with Crippen molar-refractivity contribution in [2.24, 2.45) is 0 Å².